The molecule has 1 N–H and O–H groups in total. The summed E-state index contributed by atoms with van der Waals surface area (Å²) >= 11 is 0. The number of nitrogens with zero attached hydrogens (tertiary/aromatic N) is 3. The molecule has 1 atom stereocenters. The van der Waals surface area contributed by atoms with Gasteiger partial charge < -0.3 is 4.90 Å². The van der Waals surface area contributed by atoms with Gasteiger partial charge in [0.25, 0.3) is 0 Å². The Hall–Kier alpha value is -2.57. The van der Waals surface area contributed by atoms with E-state index in [1.807, 2.05) is 6.07 Å². The van der Waals surface area contributed by atoms with Crippen LogP contribution in [0.15, 0.2) is 41.6 Å². The van der Waals surface area contributed by atoms with Crippen LogP contribution in [0.4, 0.5) is 24.7 Å². The van der Waals surface area contributed by atoms with Crippen LogP contribution in [-0.4, -0.2) is 23.3 Å². The van der Waals surface area contributed by atoms with Crippen LogP contribution in [0.1, 0.15) is 56.7 Å². The highest BCUT2D eigenvalue weighted by Crippen LogP contribution is 2.43. The molecular weight excluding hydrogens is 365 g/mol. The van der Waals surface area contributed by atoms with Crippen molar-refractivity contribution in [2.75, 3.05) is 16.9 Å². The molecule has 0 radical (unpaired) electrons. The van der Waals surface area contributed by atoms with Crippen molar-refractivity contribution in [2.45, 2.75) is 51.7 Å². The van der Waals surface area contributed by atoms with Crippen LogP contribution in [0.3, 0.4) is 0 Å². The second kappa shape index (κ2) is 7.45. The molecule has 1 aromatic carbocycles. The Kier molecular flexibility index (Phi) is 5.37. The minimum Gasteiger partial charge on any atom is -0.366 e. The zero-order valence-corrected chi connectivity index (χ0v) is 16.5. The molecule has 0 saturated heterocycles. The molecule has 2 heterocycles. The lowest BCUT2D eigenvalue weighted by atomic mass is 9.79. The fraction of sp³-hybridized carbons (Fsp3) is 0.429. The van der Waals surface area contributed by atoms with Gasteiger partial charge >= 0.3 is 6.18 Å². The predicted octanol–water partition coefficient (Wildman–Crippen LogP) is 5.66. The Bertz CT molecular complexity index is 857. The summed E-state index contributed by atoms with van der Waals surface area (Å²) in [6.45, 7) is 9.89. The monoisotopic (exact) mass is 390 g/mol. The van der Waals surface area contributed by atoms with E-state index >= 15 is 0 Å². The topological polar surface area (TPSA) is 40.5 Å². The van der Waals surface area contributed by atoms with Gasteiger partial charge in [-0.15, -0.1) is 0 Å². The highest BCUT2D eigenvalue weighted by Gasteiger charge is 2.35. The molecule has 1 aromatic heterocycles. The molecule has 1 unspecified atom stereocenters. The number of nitrogens with one attached hydrogen (secondary N) is 1. The number of alkyl halides is 3. The van der Waals surface area contributed by atoms with E-state index in [2.05, 4.69) is 60.2 Å². The number of fused-ring (bicyclic) bond motifs is 1. The summed E-state index contributed by atoms with van der Waals surface area (Å²) in [6.07, 6.45) is -0.875. The average molecular weight is 390 g/mol. The molecule has 2 aromatic rings. The number of hydrogen-bond acceptors (Lipinski definition) is 4. The minimum atomic E-state index is -4.39. The van der Waals surface area contributed by atoms with Gasteiger partial charge in [-0.05, 0) is 68.5 Å². The third-order valence-corrected chi connectivity index (χ3v) is 5.21. The lowest BCUT2D eigenvalue weighted by molar-refractivity contribution is -0.137. The molecule has 0 saturated carbocycles. The van der Waals surface area contributed by atoms with Crippen LogP contribution in [0.25, 0.3) is 0 Å². The molecule has 0 amide bonds. The van der Waals surface area contributed by atoms with E-state index in [0.29, 0.717) is 5.92 Å². The van der Waals surface area contributed by atoms with Gasteiger partial charge in [-0.1, -0.05) is 13.0 Å². The lowest BCUT2D eigenvalue weighted by Crippen LogP contribution is -2.48. The lowest BCUT2D eigenvalue weighted by Gasteiger charge is -2.47. The molecule has 3 rings (SSSR count). The molecular formula is C21H25F3N4. The zero-order valence-electron chi connectivity index (χ0n) is 16.5. The van der Waals surface area contributed by atoms with E-state index in [0.717, 1.165) is 30.8 Å². The molecule has 28 heavy (non-hydrogen) atoms. The second-order valence-corrected chi connectivity index (χ2v) is 7.78. The van der Waals surface area contributed by atoms with Crippen molar-refractivity contribution < 1.29 is 13.2 Å². The third kappa shape index (κ3) is 4.13. The Balaban J connectivity index is 1.75. The smallest absolute Gasteiger partial charge is 0.366 e. The summed E-state index contributed by atoms with van der Waals surface area (Å²) in [5, 5.41) is 4.11. The van der Waals surface area contributed by atoms with E-state index < -0.39 is 11.7 Å². The van der Waals surface area contributed by atoms with E-state index in [9.17, 15) is 13.2 Å². The number of rotatable bonds is 4. The van der Waals surface area contributed by atoms with Crippen molar-refractivity contribution in [3.63, 3.8) is 0 Å². The summed E-state index contributed by atoms with van der Waals surface area (Å²) in [7, 11) is 0. The molecule has 0 aliphatic carbocycles. The first kappa shape index (κ1) is 20.2. The average Bonchev–Trinajstić information content (AvgIpc) is 2.61. The van der Waals surface area contributed by atoms with Gasteiger partial charge in [-0.25, -0.2) is 4.98 Å². The fourth-order valence-electron chi connectivity index (χ4n) is 3.99. The van der Waals surface area contributed by atoms with Crippen molar-refractivity contribution in [1.82, 2.24) is 4.98 Å². The van der Waals surface area contributed by atoms with Gasteiger partial charge in [0.2, 0.25) is 0 Å². The maximum Gasteiger partial charge on any atom is 0.417 e. The largest absolute Gasteiger partial charge is 0.417 e. The number of pyridine rings is 1. The Morgan fingerprint density at radius 2 is 2.04 bits per heavy atom. The maximum atomic E-state index is 12.6. The Morgan fingerprint density at radius 3 is 2.64 bits per heavy atom. The molecule has 7 heteroatoms. The van der Waals surface area contributed by atoms with Crippen molar-refractivity contribution in [3.05, 3.63) is 53.2 Å². The van der Waals surface area contributed by atoms with Crippen LogP contribution in [-0.2, 0) is 6.18 Å². The number of halogens is 3. The molecule has 1 aliphatic heterocycles. The highest BCUT2D eigenvalue weighted by atomic mass is 19.4. The fourth-order valence-corrected chi connectivity index (χ4v) is 3.99. The summed E-state index contributed by atoms with van der Waals surface area (Å²) in [5.41, 5.74) is 5.48. The van der Waals surface area contributed by atoms with Crippen LogP contribution < -0.4 is 10.3 Å². The molecule has 0 spiro atoms. The van der Waals surface area contributed by atoms with Gasteiger partial charge in [0, 0.05) is 24.0 Å². The van der Waals surface area contributed by atoms with E-state index in [-0.39, 0.29) is 11.4 Å². The molecule has 1 aliphatic rings. The Morgan fingerprint density at radius 1 is 1.29 bits per heavy atom. The van der Waals surface area contributed by atoms with Crippen LogP contribution in [0.5, 0.6) is 0 Å². The van der Waals surface area contributed by atoms with E-state index in [4.69, 9.17) is 0 Å². The third-order valence-electron chi connectivity index (χ3n) is 5.21. The normalized spacial score (nSPS) is 19.0. The van der Waals surface area contributed by atoms with Crippen LogP contribution in [0, 0.1) is 0 Å². The van der Waals surface area contributed by atoms with Gasteiger partial charge in [-0.3, -0.25) is 5.43 Å². The standard InChI is InChI=1S/C21H25F3N4/c1-5-28-18-8-6-15(10-17(18)14(2)11-20(28,3)4)12-26-27-19-9-7-16(13-25-19)21(22,23)24/h6-10,12-14H,5,11H2,1-4H3,(H,25,27)/b26-12+. The van der Waals surface area contributed by atoms with E-state index in [1.165, 1.54) is 17.3 Å². The molecule has 4 nitrogen and oxygen atoms in total. The van der Waals surface area contributed by atoms with Crippen molar-refractivity contribution in [3.8, 4) is 0 Å². The quantitative estimate of drug-likeness (QED) is 0.541. The SMILES string of the molecule is CCN1c2ccc(/C=N/Nc3ccc(C(F)(F)F)cn3)cc2C(C)CC1(C)C. The predicted molar refractivity (Wildman–Crippen MR) is 107 cm³/mol. The maximum absolute atomic E-state index is 12.6. The number of hydrazone groups is 1. The zero-order chi connectivity index (χ0) is 20.5. The van der Waals surface area contributed by atoms with Gasteiger partial charge in [0.15, 0.2) is 0 Å². The van der Waals surface area contributed by atoms with Gasteiger partial charge in [-0.2, -0.15) is 18.3 Å². The van der Waals surface area contributed by atoms with Gasteiger partial charge in [0.1, 0.15) is 5.82 Å². The van der Waals surface area contributed by atoms with Crippen LogP contribution >= 0.6 is 0 Å². The van der Waals surface area contributed by atoms with Gasteiger partial charge in [0.05, 0.1) is 11.8 Å². The minimum absolute atomic E-state index is 0.118. The number of benzene rings is 1. The van der Waals surface area contributed by atoms with E-state index in [1.54, 1.807) is 6.21 Å². The van der Waals surface area contributed by atoms with Crippen molar-refractivity contribution >= 4 is 17.7 Å². The highest BCUT2D eigenvalue weighted by molar-refractivity contribution is 5.82. The first-order valence-corrected chi connectivity index (χ1v) is 9.36. The summed E-state index contributed by atoms with van der Waals surface area (Å²) < 4.78 is 37.7. The van der Waals surface area contributed by atoms with Crippen molar-refractivity contribution in [2.24, 2.45) is 5.10 Å². The molecule has 150 valence electrons. The van der Waals surface area contributed by atoms with Crippen LogP contribution in [0.2, 0.25) is 0 Å². The first-order valence-electron chi connectivity index (χ1n) is 9.36. The number of anilines is 2. The number of aromatic nitrogens is 1. The Labute approximate surface area is 163 Å². The second-order valence-electron chi connectivity index (χ2n) is 7.78. The van der Waals surface area contributed by atoms with Crippen molar-refractivity contribution in [1.29, 1.82) is 0 Å². The summed E-state index contributed by atoms with van der Waals surface area (Å²) in [5.74, 6) is 0.695. The molecule has 0 bridgehead atoms. The summed E-state index contributed by atoms with van der Waals surface area (Å²) in [4.78, 5) is 6.17. The molecule has 0 fully saturated rings. The number of hydrogen-bond donors (Lipinski definition) is 1. The first-order chi connectivity index (χ1) is 13.1. The summed E-state index contributed by atoms with van der Waals surface area (Å²) in [6, 6.07) is 8.49.